The number of carbonyl (C=O) groups is 1. The number of aliphatic carboxylic acids is 1. The molecule has 0 spiro atoms. The van der Waals surface area contributed by atoms with E-state index in [1.807, 2.05) is 0 Å². The van der Waals surface area contributed by atoms with Crippen LogP contribution in [-0.4, -0.2) is 16.2 Å². The Bertz CT molecular complexity index is 532. The zero-order valence-electron chi connectivity index (χ0n) is 9.80. The van der Waals surface area contributed by atoms with Crippen molar-refractivity contribution in [3.8, 4) is 0 Å². The van der Waals surface area contributed by atoms with Crippen molar-refractivity contribution in [2.24, 2.45) is 0 Å². The van der Waals surface area contributed by atoms with Crippen LogP contribution in [0.15, 0.2) is 12.1 Å². The molecule has 0 saturated heterocycles. The topological polar surface area (TPSA) is 57.5 Å². The summed E-state index contributed by atoms with van der Waals surface area (Å²) in [5.74, 6) is -2.08. The van der Waals surface area contributed by atoms with Gasteiger partial charge < -0.3 is 10.2 Å². The Morgan fingerprint density at radius 1 is 1.05 bits per heavy atom. The Morgan fingerprint density at radius 3 is 1.85 bits per heavy atom. The normalized spacial score (nSPS) is 14.2. The lowest BCUT2D eigenvalue weighted by molar-refractivity contribution is -0.164. The molecular formula is C11H8F6O3. The largest absolute Gasteiger partial charge is 0.479 e. The van der Waals surface area contributed by atoms with E-state index in [1.165, 1.54) is 0 Å². The number of carboxylic acids is 1. The lowest BCUT2D eigenvalue weighted by atomic mass is 9.92. The molecule has 2 N–H and O–H groups in total. The molecule has 0 aliphatic rings. The summed E-state index contributed by atoms with van der Waals surface area (Å²) in [6.07, 6.45) is -13.5. The van der Waals surface area contributed by atoms with Gasteiger partial charge in [0.2, 0.25) is 0 Å². The van der Waals surface area contributed by atoms with E-state index in [-0.39, 0.29) is 0 Å². The maximum absolute atomic E-state index is 12.8. The van der Waals surface area contributed by atoms with E-state index in [0.717, 1.165) is 6.92 Å². The van der Waals surface area contributed by atoms with Crippen LogP contribution in [0.5, 0.6) is 0 Å². The third-order valence-corrected chi connectivity index (χ3v) is 2.54. The van der Waals surface area contributed by atoms with Gasteiger partial charge in [-0.25, -0.2) is 4.79 Å². The highest BCUT2D eigenvalue weighted by Gasteiger charge is 2.47. The standard InChI is InChI=1S/C11H8F6O3/c1-4-2-3-5(8(18)9(19)20)7(11(15,16)17)6(4)10(12,13)14/h2-3,8,18H,1H3,(H,19,20). The van der Waals surface area contributed by atoms with E-state index in [9.17, 15) is 31.1 Å². The smallest absolute Gasteiger partial charge is 0.417 e. The maximum Gasteiger partial charge on any atom is 0.417 e. The number of hydrogen-bond donors (Lipinski definition) is 2. The summed E-state index contributed by atoms with van der Waals surface area (Å²) in [6.45, 7) is 0.814. The fourth-order valence-corrected chi connectivity index (χ4v) is 1.75. The molecular weight excluding hydrogens is 294 g/mol. The van der Waals surface area contributed by atoms with E-state index in [4.69, 9.17) is 10.2 Å². The number of aliphatic hydroxyl groups excluding tert-OH is 1. The Hall–Kier alpha value is -1.77. The number of halogens is 6. The second-order valence-corrected chi connectivity index (χ2v) is 3.96. The zero-order valence-corrected chi connectivity index (χ0v) is 9.80. The van der Waals surface area contributed by atoms with Crippen molar-refractivity contribution in [1.82, 2.24) is 0 Å². The van der Waals surface area contributed by atoms with Gasteiger partial charge in [-0.05, 0) is 12.5 Å². The molecule has 0 radical (unpaired) electrons. The minimum atomic E-state index is -5.46. The summed E-state index contributed by atoms with van der Waals surface area (Å²) in [5, 5.41) is 17.6. The van der Waals surface area contributed by atoms with Gasteiger partial charge in [0, 0.05) is 5.56 Å². The Labute approximate surface area is 108 Å². The van der Waals surface area contributed by atoms with Gasteiger partial charge in [-0.15, -0.1) is 0 Å². The molecule has 1 aromatic carbocycles. The van der Waals surface area contributed by atoms with Crippen LogP contribution in [0.2, 0.25) is 0 Å². The number of alkyl halides is 6. The van der Waals surface area contributed by atoms with Crippen molar-refractivity contribution in [2.75, 3.05) is 0 Å². The molecule has 1 aromatic rings. The van der Waals surface area contributed by atoms with E-state index in [0.29, 0.717) is 12.1 Å². The first-order chi connectivity index (χ1) is 8.87. The summed E-state index contributed by atoms with van der Waals surface area (Å²) in [7, 11) is 0. The third-order valence-electron chi connectivity index (χ3n) is 2.54. The molecule has 0 saturated carbocycles. The molecule has 112 valence electrons. The van der Waals surface area contributed by atoms with Crippen LogP contribution >= 0.6 is 0 Å². The van der Waals surface area contributed by atoms with Crippen molar-refractivity contribution in [3.63, 3.8) is 0 Å². The van der Waals surface area contributed by atoms with Crippen LogP contribution in [0, 0.1) is 6.92 Å². The summed E-state index contributed by atoms with van der Waals surface area (Å²) in [4.78, 5) is 10.5. The number of carboxylic acid groups (broad SMARTS) is 1. The first-order valence-electron chi connectivity index (χ1n) is 5.06. The lowest BCUT2D eigenvalue weighted by Gasteiger charge is -2.22. The van der Waals surface area contributed by atoms with Crippen molar-refractivity contribution in [1.29, 1.82) is 0 Å². The van der Waals surface area contributed by atoms with Crippen LogP contribution in [0.1, 0.15) is 28.4 Å². The zero-order chi connectivity index (χ0) is 15.9. The highest BCUT2D eigenvalue weighted by Crippen LogP contribution is 2.45. The average Bonchev–Trinajstić information content (AvgIpc) is 2.24. The van der Waals surface area contributed by atoms with Crippen LogP contribution in [0.4, 0.5) is 26.3 Å². The van der Waals surface area contributed by atoms with Gasteiger partial charge in [0.05, 0.1) is 11.1 Å². The summed E-state index contributed by atoms with van der Waals surface area (Å²) in [5.41, 5.74) is -6.24. The van der Waals surface area contributed by atoms with Gasteiger partial charge in [-0.2, -0.15) is 26.3 Å². The second kappa shape index (κ2) is 4.97. The first kappa shape index (κ1) is 16.3. The fraction of sp³-hybridized carbons (Fsp3) is 0.364. The Kier molecular flexibility index (Phi) is 4.04. The molecule has 0 aliphatic carbocycles. The number of rotatable bonds is 2. The van der Waals surface area contributed by atoms with E-state index >= 15 is 0 Å². The third kappa shape index (κ3) is 3.03. The molecule has 0 aromatic heterocycles. The summed E-state index contributed by atoms with van der Waals surface area (Å²) < 4.78 is 76.8. The Morgan fingerprint density at radius 2 is 1.50 bits per heavy atom. The van der Waals surface area contributed by atoms with Gasteiger partial charge in [-0.1, -0.05) is 12.1 Å². The molecule has 1 atom stereocenters. The molecule has 0 fully saturated rings. The number of aliphatic hydroxyl groups is 1. The lowest BCUT2D eigenvalue weighted by Crippen LogP contribution is -2.24. The highest BCUT2D eigenvalue weighted by molar-refractivity contribution is 5.75. The number of hydrogen-bond acceptors (Lipinski definition) is 2. The monoisotopic (exact) mass is 302 g/mol. The minimum Gasteiger partial charge on any atom is -0.479 e. The van der Waals surface area contributed by atoms with E-state index in [2.05, 4.69) is 0 Å². The minimum absolute atomic E-state index is 0.520. The molecule has 1 unspecified atom stereocenters. The highest BCUT2D eigenvalue weighted by atomic mass is 19.4. The van der Waals surface area contributed by atoms with Gasteiger partial charge in [0.1, 0.15) is 0 Å². The molecule has 3 nitrogen and oxygen atoms in total. The molecule has 20 heavy (non-hydrogen) atoms. The van der Waals surface area contributed by atoms with Crippen LogP contribution < -0.4 is 0 Å². The average molecular weight is 302 g/mol. The predicted octanol–water partition coefficient (Wildman–Crippen LogP) is 3.15. The van der Waals surface area contributed by atoms with Gasteiger partial charge in [0.15, 0.2) is 6.10 Å². The quantitative estimate of drug-likeness (QED) is 0.825. The molecule has 1 rings (SSSR count). The first-order valence-corrected chi connectivity index (χ1v) is 5.06. The van der Waals surface area contributed by atoms with Crippen molar-refractivity contribution < 1.29 is 41.4 Å². The van der Waals surface area contributed by atoms with E-state index < -0.39 is 46.7 Å². The van der Waals surface area contributed by atoms with Crippen LogP contribution in [0.25, 0.3) is 0 Å². The van der Waals surface area contributed by atoms with Crippen LogP contribution in [0.3, 0.4) is 0 Å². The van der Waals surface area contributed by atoms with Crippen molar-refractivity contribution >= 4 is 5.97 Å². The molecule has 0 aliphatic heterocycles. The van der Waals surface area contributed by atoms with Gasteiger partial charge in [0.25, 0.3) is 0 Å². The molecule has 0 heterocycles. The molecule has 0 amide bonds. The number of aryl methyl sites for hydroxylation is 1. The maximum atomic E-state index is 12.8. The fourth-order valence-electron chi connectivity index (χ4n) is 1.75. The SMILES string of the molecule is Cc1ccc(C(O)C(=O)O)c(C(F)(F)F)c1C(F)(F)F. The van der Waals surface area contributed by atoms with Gasteiger partial charge >= 0.3 is 18.3 Å². The van der Waals surface area contributed by atoms with Crippen molar-refractivity contribution in [3.05, 3.63) is 34.4 Å². The molecule has 9 heteroatoms. The molecule has 0 bridgehead atoms. The second-order valence-electron chi connectivity index (χ2n) is 3.96. The number of benzene rings is 1. The van der Waals surface area contributed by atoms with Crippen LogP contribution in [-0.2, 0) is 17.1 Å². The van der Waals surface area contributed by atoms with Gasteiger partial charge in [-0.3, -0.25) is 0 Å². The Balaban J connectivity index is 3.77. The van der Waals surface area contributed by atoms with E-state index in [1.54, 1.807) is 0 Å². The summed E-state index contributed by atoms with van der Waals surface area (Å²) >= 11 is 0. The predicted molar refractivity (Wildman–Crippen MR) is 53.8 cm³/mol. The van der Waals surface area contributed by atoms with Crippen molar-refractivity contribution in [2.45, 2.75) is 25.4 Å². The summed E-state index contributed by atoms with van der Waals surface area (Å²) in [6, 6.07) is 1.20.